The van der Waals surface area contributed by atoms with Gasteiger partial charge in [0, 0.05) is 38.7 Å². The SMILES string of the molecule is CCCC(=O)N1CCCN(S(=O)(=O)c2ccc3[nH]c(=O)oc3c2)CC1. The summed E-state index contributed by atoms with van der Waals surface area (Å²) in [4.78, 5) is 27.6. The maximum Gasteiger partial charge on any atom is 0.417 e. The van der Waals surface area contributed by atoms with Gasteiger partial charge < -0.3 is 9.32 Å². The largest absolute Gasteiger partial charge is 0.417 e. The van der Waals surface area contributed by atoms with Crippen molar-refractivity contribution in [2.24, 2.45) is 0 Å². The van der Waals surface area contributed by atoms with Gasteiger partial charge in [0.2, 0.25) is 15.9 Å². The highest BCUT2D eigenvalue weighted by Gasteiger charge is 2.28. The Bertz CT molecular complexity index is 931. The number of benzene rings is 1. The number of amides is 1. The molecule has 1 saturated heterocycles. The first-order valence-electron chi connectivity index (χ1n) is 8.32. The number of rotatable bonds is 4. The summed E-state index contributed by atoms with van der Waals surface area (Å²) in [5.74, 6) is -0.554. The van der Waals surface area contributed by atoms with Crippen molar-refractivity contribution in [2.75, 3.05) is 26.2 Å². The van der Waals surface area contributed by atoms with E-state index in [1.54, 1.807) is 4.90 Å². The Balaban J connectivity index is 1.81. The molecule has 1 aliphatic rings. The molecular formula is C16H21N3O5S. The first-order valence-corrected chi connectivity index (χ1v) is 9.76. The van der Waals surface area contributed by atoms with Crippen LogP contribution < -0.4 is 5.76 Å². The molecule has 9 heteroatoms. The Morgan fingerprint density at radius 2 is 2.04 bits per heavy atom. The fourth-order valence-electron chi connectivity index (χ4n) is 2.99. The molecule has 2 heterocycles. The van der Waals surface area contributed by atoms with E-state index in [0.717, 1.165) is 6.42 Å². The first-order chi connectivity index (χ1) is 11.9. The smallest absolute Gasteiger partial charge is 0.408 e. The minimum absolute atomic E-state index is 0.0669. The third-order valence-corrected chi connectivity index (χ3v) is 6.20. The zero-order valence-corrected chi connectivity index (χ0v) is 14.8. The molecule has 0 saturated carbocycles. The molecular weight excluding hydrogens is 346 g/mol. The Morgan fingerprint density at radius 3 is 2.80 bits per heavy atom. The van der Waals surface area contributed by atoms with Crippen LogP contribution in [0.3, 0.4) is 0 Å². The number of hydrogen-bond acceptors (Lipinski definition) is 5. The summed E-state index contributed by atoms with van der Waals surface area (Å²) in [6.07, 6.45) is 1.85. The van der Waals surface area contributed by atoms with Crippen molar-refractivity contribution in [3.63, 3.8) is 0 Å². The van der Waals surface area contributed by atoms with Crippen molar-refractivity contribution >= 4 is 27.0 Å². The number of H-pyrrole nitrogens is 1. The lowest BCUT2D eigenvalue weighted by Crippen LogP contribution is -2.37. The summed E-state index contributed by atoms with van der Waals surface area (Å²) in [7, 11) is -3.71. The van der Waals surface area contributed by atoms with E-state index in [2.05, 4.69) is 4.98 Å². The molecule has 0 unspecified atom stereocenters. The van der Waals surface area contributed by atoms with Crippen molar-refractivity contribution in [2.45, 2.75) is 31.1 Å². The molecule has 0 aliphatic carbocycles. The van der Waals surface area contributed by atoms with Crippen molar-refractivity contribution in [1.82, 2.24) is 14.2 Å². The van der Waals surface area contributed by atoms with Crippen LogP contribution in [0.4, 0.5) is 0 Å². The third-order valence-electron chi connectivity index (χ3n) is 4.30. The van der Waals surface area contributed by atoms with Crippen LogP contribution in [-0.2, 0) is 14.8 Å². The second-order valence-corrected chi connectivity index (χ2v) is 8.00. The average molecular weight is 367 g/mol. The fourth-order valence-corrected chi connectivity index (χ4v) is 4.48. The molecule has 0 bridgehead atoms. The number of oxazole rings is 1. The molecule has 0 radical (unpaired) electrons. The Labute approximate surface area is 145 Å². The van der Waals surface area contributed by atoms with E-state index in [1.165, 1.54) is 22.5 Å². The van der Waals surface area contributed by atoms with Gasteiger partial charge in [-0.15, -0.1) is 0 Å². The number of aromatic amines is 1. The lowest BCUT2D eigenvalue weighted by molar-refractivity contribution is -0.131. The molecule has 3 rings (SSSR count). The van der Waals surface area contributed by atoms with Gasteiger partial charge >= 0.3 is 5.76 Å². The van der Waals surface area contributed by atoms with Crippen LogP contribution in [0.2, 0.25) is 0 Å². The quantitative estimate of drug-likeness (QED) is 0.873. The van der Waals surface area contributed by atoms with Crippen LogP contribution >= 0.6 is 0 Å². The van der Waals surface area contributed by atoms with Gasteiger partial charge in [0.15, 0.2) is 5.58 Å². The van der Waals surface area contributed by atoms with E-state index >= 15 is 0 Å². The van der Waals surface area contributed by atoms with E-state index in [0.29, 0.717) is 38.0 Å². The fraction of sp³-hybridized carbons (Fsp3) is 0.500. The van der Waals surface area contributed by atoms with Crippen LogP contribution in [-0.4, -0.2) is 54.7 Å². The van der Waals surface area contributed by atoms with Crippen LogP contribution in [0, 0.1) is 0 Å². The molecule has 0 atom stereocenters. The van der Waals surface area contributed by atoms with Gasteiger partial charge in [-0.25, -0.2) is 13.2 Å². The van der Waals surface area contributed by atoms with Gasteiger partial charge in [-0.2, -0.15) is 4.31 Å². The van der Waals surface area contributed by atoms with Crippen molar-refractivity contribution in [3.8, 4) is 0 Å². The normalized spacial score (nSPS) is 16.9. The lowest BCUT2D eigenvalue weighted by atomic mass is 10.3. The van der Waals surface area contributed by atoms with E-state index in [1.807, 2.05) is 6.92 Å². The van der Waals surface area contributed by atoms with E-state index < -0.39 is 15.8 Å². The summed E-state index contributed by atoms with van der Waals surface area (Å²) < 4.78 is 32.1. The molecule has 1 aliphatic heterocycles. The van der Waals surface area contributed by atoms with Gasteiger partial charge in [0.1, 0.15) is 0 Å². The van der Waals surface area contributed by atoms with Crippen molar-refractivity contribution in [3.05, 3.63) is 28.7 Å². The van der Waals surface area contributed by atoms with Crippen LogP contribution in [0.25, 0.3) is 11.1 Å². The van der Waals surface area contributed by atoms with E-state index in [-0.39, 0.29) is 22.9 Å². The van der Waals surface area contributed by atoms with Gasteiger partial charge in [0.05, 0.1) is 10.4 Å². The second-order valence-electron chi connectivity index (χ2n) is 6.06. The molecule has 136 valence electrons. The molecule has 1 aromatic carbocycles. The highest BCUT2D eigenvalue weighted by atomic mass is 32.2. The lowest BCUT2D eigenvalue weighted by Gasteiger charge is -2.22. The highest BCUT2D eigenvalue weighted by Crippen LogP contribution is 2.21. The summed E-state index contributed by atoms with van der Waals surface area (Å²) in [6.45, 7) is 3.51. The number of nitrogens with zero attached hydrogens (tertiary/aromatic N) is 2. The standard InChI is InChI=1S/C16H21N3O5S/c1-2-4-15(20)18-7-3-8-19(10-9-18)25(22,23)12-5-6-13-14(11-12)24-16(21)17-13/h5-6,11H,2-4,7-10H2,1H3,(H,17,21). The zero-order chi connectivity index (χ0) is 18.0. The number of fused-ring (bicyclic) bond motifs is 1. The predicted molar refractivity (Wildman–Crippen MR) is 91.7 cm³/mol. The summed E-state index contributed by atoms with van der Waals surface area (Å²) in [6, 6.07) is 4.32. The molecule has 0 spiro atoms. The van der Waals surface area contributed by atoms with E-state index in [9.17, 15) is 18.0 Å². The Morgan fingerprint density at radius 1 is 1.24 bits per heavy atom. The molecule has 25 heavy (non-hydrogen) atoms. The maximum absolute atomic E-state index is 12.9. The van der Waals surface area contributed by atoms with Crippen LogP contribution in [0.5, 0.6) is 0 Å². The topological polar surface area (TPSA) is 104 Å². The van der Waals surface area contributed by atoms with Gasteiger partial charge in [-0.3, -0.25) is 9.78 Å². The van der Waals surface area contributed by atoms with Crippen LogP contribution in [0.15, 0.2) is 32.3 Å². The van der Waals surface area contributed by atoms with E-state index in [4.69, 9.17) is 4.42 Å². The molecule has 1 amide bonds. The molecule has 2 aromatic rings. The number of nitrogens with one attached hydrogen (secondary N) is 1. The highest BCUT2D eigenvalue weighted by molar-refractivity contribution is 7.89. The molecule has 1 fully saturated rings. The van der Waals surface area contributed by atoms with Crippen molar-refractivity contribution in [1.29, 1.82) is 0 Å². The number of carbonyl (C=O) groups is 1. The van der Waals surface area contributed by atoms with Gasteiger partial charge in [-0.05, 0) is 25.0 Å². The summed E-state index contributed by atoms with van der Waals surface area (Å²) >= 11 is 0. The predicted octanol–water partition coefficient (Wildman–Crippen LogP) is 1.14. The zero-order valence-electron chi connectivity index (χ0n) is 14.0. The minimum atomic E-state index is -3.71. The molecule has 8 nitrogen and oxygen atoms in total. The summed E-state index contributed by atoms with van der Waals surface area (Å²) in [5, 5.41) is 0. The molecule has 1 aromatic heterocycles. The number of aromatic nitrogens is 1. The minimum Gasteiger partial charge on any atom is -0.408 e. The number of sulfonamides is 1. The van der Waals surface area contributed by atoms with Crippen LogP contribution in [0.1, 0.15) is 26.2 Å². The van der Waals surface area contributed by atoms with Crippen molar-refractivity contribution < 1.29 is 17.6 Å². The monoisotopic (exact) mass is 367 g/mol. The number of hydrogen-bond donors (Lipinski definition) is 1. The Kier molecular flexibility index (Phi) is 4.96. The second kappa shape index (κ2) is 7.01. The Hall–Kier alpha value is -2.13. The van der Waals surface area contributed by atoms with Gasteiger partial charge in [-0.1, -0.05) is 6.92 Å². The maximum atomic E-state index is 12.9. The molecule has 1 N–H and O–H groups in total. The average Bonchev–Trinajstić information content (AvgIpc) is 2.78. The summed E-state index contributed by atoms with van der Waals surface area (Å²) in [5.41, 5.74) is 0.664. The number of carbonyl (C=O) groups excluding carboxylic acids is 1. The van der Waals surface area contributed by atoms with Gasteiger partial charge in [0.25, 0.3) is 0 Å². The first kappa shape index (κ1) is 17.7. The third kappa shape index (κ3) is 3.62.